The standard InChI is InChI=1S/C31H37Cl2N3O4S/c1-21-11-10-12-22(2)29(21)36(41(6,39)40)20-28(37)35(19-24-15-16-25(32)18-26(24)33)27(30(38)34-31(3,4)5)17-23-13-8-7-9-14-23/h7-16,18,27H,17,19-20H2,1-6H3,(H,34,38). The Bertz CT molecular complexity index is 1490. The van der Waals surface area contributed by atoms with Gasteiger partial charge in [-0.2, -0.15) is 0 Å². The number of para-hydroxylation sites is 1. The Labute approximate surface area is 253 Å². The van der Waals surface area contributed by atoms with E-state index in [1.165, 1.54) is 4.90 Å². The molecule has 1 unspecified atom stereocenters. The highest BCUT2D eigenvalue weighted by Gasteiger charge is 2.35. The summed E-state index contributed by atoms with van der Waals surface area (Å²) >= 11 is 12.6. The van der Waals surface area contributed by atoms with Gasteiger partial charge < -0.3 is 10.2 Å². The quantitative estimate of drug-likeness (QED) is 0.305. The fourth-order valence-corrected chi connectivity index (χ4v) is 6.05. The minimum Gasteiger partial charge on any atom is -0.350 e. The van der Waals surface area contributed by atoms with E-state index >= 15 is 0 Å². The van der Waals surface area contributed by atoms with Gasteiger partial charge in [0.2, 0.25) is 21.8 Å². The third kappa shape index (κ3) is 8.96. The first-order valence-electron chi connectivity index (χ1n) is 13.2. The number of hydrogen-bond acceptors (Lipinski definition) is 4. The van der Waals surface area contributed by atoms with Crippen molar-refractivity contribution < 1.29 is 18.0 Å². The summed E-state index contributed by atoms with van der Waals surface area (Å²) in [7, 11) is -3.87. The summed E-state index contributed by atoms with van der Waals surface area (Å²) in [5.41, 5.74) is 2.70. The Morgan fingerprint density at radius 3 is 2.07 bits per heavy atom. The molecule has 220 valence electrons. The second-order valence-corrected chi connectivity index (χ2v) is 14.0. The molecule has 7 nitrogen and oxygen atoms in total. The summed E-state index contributed by atoms with van der Waals surface area (Å²) in [5, 5.41) is 3.76. The van der Waals surface area contributed by atoms with Crippen LogP contribution in [0.4, 0.5) is 5.69 Å². The van der Waals surface area contributed by atoms with Crippen molar-refractivity contribution in [3.8, 4) is 0 Å². The number of aryl methyl sites for hydroxylation is 2. The molecular formula is C31H37Cl2N3O4S. The van der Waals surface area contributed by atoms with Crippen LogP contribution in [-0.2, 0) is 32.6 Å². The highest BCUT2D eigenvalue weighted by molar-refractivity contribution is 7.92. The number of anilines is 1. The van der Waals surface area contributed by atoms with Crippen LogP contribution in [0.15, 0.2) is 66.7 Å². The van der Waals surface area contributed by atoms with E-state index in [0.717, 1.165) is 16.1 Å². The monoisotopic (exact) mass is 617 g/mol. The molecule has 0 bridgehead atoms. The molecule has 3 aromatic carbocycles. The molecule has 10 heteroatoms. The van der Waals surface area contributed by atoms with E-state index in [9.17, 15) is 18.0 Å². The molecule has 0 heterocycles. The molecule has 1 atom stereocenters. The molecule has 0 aliphatic rings. The summed E-state index contributed by atoms with van der Waals surface area (Å²) in [6.45, 7) is 8.64. The van der Waals surface area contributed by atoms with Crippen molar-refractivity contribution in [1.29, 1.82) is 0 Å². The smallest absolute Gasteiger partial charge is 0.244 e. The van der Waals surface area contributed by atoms with Crippen molar-refractivity contribution in [3.05, 3.63) is 99.0 Å². The number of carbonyl (C=O) groups is 2. The Morgan fingerprint density at radius 2 is 1.54 bits per heavy atom. The number of sulfonamides is 1. The van der Waals surface area contributed by atoms with Gasteiger partial charge in [-0.15, -0.1) is 0 Å². The first kappa shape index (κ1) is 32.4. The molecule has 0 aliphatic carbocycles. The van der Waals surface area contributed by atoms with Gasteiger partial charge in [-0.05, 0) is 69.0 Å². The van der Waals surface area contributed by atoms with E-state index in [-0.39, 0.29) is 18.9 Å². The zero-order chi connectivity index (χ0) is 30.5. The molecule has 0 aromatic heterocycles. The highest BCUT2D eigenvalue weighted by atomic mass is 35.5. The van der Waals surface area contributed by atoms with E-state index in [2.05, 4.69) is 5.32 Å². The molecule has 0 spiro atoms. The number of rotatable bonds is 10. The van der Waals surface area contributed by atoms with Crippen LogP contribution in [0.25, 0.3) is 0 Å². The first-order valence-corrected chi connectivity index (χ1v) is 15.8. The molecule has 0 radical (unpaired) electrons. The van der Waals surface area contributed by atoms with E-state index < -0.39 is 34.1 Å². The Balaban J connectivity index is 2.14. The molecule has 2 amide bonds. The summed E-state index contributed by atoms with van der Waals surface area (Å²) < 4.78 is 27.2. The van der Waals surface area contributed by atoms with Crippen molar-refractivity contribution in [2.45, 2.75) is 59.2 Å². The summed E-state index contributed by atoms with van der Waals surface area (Å²) in [6.07, 6.45) is 1.28. The minimum atomic E-state index is -3.87. The maximum atomic E-state index is 14.3. The number of amides is 2. The van der Waals surface area contributed by atoms with Gasteiger partial charge in [0.1, 0.15) is 12.6 Å². The van der Waals surface area contributed by atoms with Gasteiger partial charge in [0.25, 0.3) is 0 Å². The molecule has 3 aromatic rings. The van der Waals surface area contributed by atoms with Crippen LogP contribution in [0.2, 0.25) is 10.0 Å². The van der Waals surface area contributed by atoms with E-state index in [1.807, 2.05) is 57.2 Å². The Morgan fingerprint density at radius 1 is 0.927 bits per heavy atom. The average Bonchev–Trinajstić information content (AvgIpc) is 2.85. The van der Waals surface area contributed by atoms with E-state index in [0.29, 0.717) is 32.4 Å². The predicted molar refractivity (Wildman–Crippen MR) is 167 cm³/mol. The minimum absolute atomic E-state index is 0.0335. The van der Waals surface area contributed by atoms with E-state index in [1.54, 1.807) is 44.2 Å². The summed E-state index contributed by atoms with van der Waals surface area (Å²) in [5.74, 6) is -0.910. The number of halogens is 2. The number of carbonyl (C=O) groups excluding carboxylic acids is 2. The van der Waals surface area contributed by atoms with Crippen LogP contribution in [0.3, 0.4) is 0 Å². The number of benzene rings is 3. The van der Waals surface area contributed by atoms with Crippen LogP contribution in [-0.4, -0.2) is 49.5 Å². The van der Waals surface area contributed by atoms with Gasteiger partial charge in [0, 0.05) is 28.5 Å². The lowest BCUT2D eigenvalue weighted by molar-refractivity contribution is -0.140. The van der Waals surface area contributed by atoms with Gasteiger partial charge in [-0.25, -0.2) is 8.42 Å². The van der Waals surface area contributed by atoms with Crippen LogP contribution in [0, 0.1) is 13.8 Å². The molecule has 41 heavy (non-hydrogen) atoms. The molecule has 1 N–H and O–H groups in total. The molecular weight excluding hydrogens is 581 g/mol. The molecule has 3 rings (SSSR count). The molecule has 0 fully saturated rings. The first-order chi connectivity index (χ1) is 19.1. The molecule has 0 saturated heterocycles. The fourth-order valence-electron chi connectivity index (χ4n) is 4.62. The van der Waals surface area contributed by atoms with Crippen LogP contribution in [0.1, 0.15) is 43.0 Å². The second kappa shape index (κ2) is 13.3. The third-order valence-corrected chi connectivity index (χ3v) is 8.19. The number of hydrogen-bond donors (Lipinski definition) is 1. The lowest BCUT2D eigenvalue weighted by Gasteiger charge is -2.35. The van der Waals surface area contributed by atoms with Crippen LogP contribution < -0.4 is 9.62 Å². The van der Waals surface area contributed by atoms with Gasteiger partial charge in [0.15, 0.2) is 0 Å². The third-order valence-electron chi connectivity index (χ3n) is 6.49. The Kier molecular flexibility index (Phi) is 10.5. The SMILES string of the molecule is Cc1cccc(C)c1N(CC(=O)N(Cc1ccc(Cl)cc1Cl)C(Cc1ccccc1)C(=O)NC(C)(C)C)S(C)(=O)=O. The largest absolute Gasteiger partial charge is 0.350 e. The lowest BCUT2D eigenvalue weighted by atomic mass is 10.0. The van der Waals surface area contributed by atoms with Gasteiger partial charge >= 0.3 is 0 Å². The van der Waals surface area contributed by atoms with Crippen molar-refractivity contribution in [1.82, 2.24) is 10.2 Å². The average molecular weight is 619 g/mol. The zero-order valence-corrected chi connectivity index (χ0v) is 26.6. The summed E-state index contributed by atoms with van der Waals surface area (Å²) in [4.78, 5) is 29.5. The van der Waals surface area contributed by atoms with Crippen molar-refractivity contribution in [3.63, 3.8) is 0 Å². The summed E-state index contributed by atoms with van der Waals surface area (Å²) in [6, 6.07) is 18.8. The van der Waals surface area contributed by atoms with Crippen LogP contribution in [0.5, 0.6) is 0 Å². The van der Waals surface area contributed by atoms with E-state index in [4.69, 9.17) is 23.2 Å². The molecule has 0 saturated carbocycles. The Hall–Kier alpha value is -3.07. The lowest BCUT2D eigenvalue weighted by Crippen LogP contribution is -2.56. The molecule has 0 aliphatic heterocycles. The normalized spacial score (nSPS) is 12.5. The number of nitrogens with zero attached hydrogens (tertiary/aromatic N) is 2. The van der Waals surface area contributed by atoms with Gasteiger partial charge in [0.05, 0.1) is 11.9 Å². The second-order valence-electron chi connectivity index (χ2n) is 11.2. The zero-order valence-electron chi connectivity index (χ0n) is 24.2. The maximum Gasteiger partial charge on any atom is 0.244 e. The van der Waals surface area contributed by atoms with Crippen LogP contribution >= 0.6 is 23.2 Å². The van der Waals surface area contributed by atoms with Gasteiger partial charge in [-0.3, -0.25) is 13.9 Å². The topological polar surface area (TPSA) is 86.8 Å². The maximum absolute atomic E-state index is 14.3. The van der Waals surface area contributed by atoms with Gasteiger partial charge in [-0.1, -0.05) is 77.8 Å². The number of nitrogens with one attached hydrogen (secondary N) is 1. The predicted octanol–water partition coefficient (Wildman–Crippen LogP) is 5.93. The van der Waals surface area contributed by atoms with Crippen molar-refractivity contribution >= 4 is 50.7 Å². The van der Waals surface area contributed by atoms with Crippen molar-refractivity contribution in [2.75, 3.05) is 17.1 Å². The highest BCUT2D eigenvalue weighted by Crippen LogP contribution is 2.28. The van der Waals surface area contributed by atoms with Crippen molar-refractivity contribution in [2.24, 2.45) is 0 Å². The fraction of sp³-hybridized carbons (Fsp3) is 0.355.